The summed E-state index contributed by atoms with van der Waals surface area (Å²) in [6.07, 6.45) is 0. The van der Waals surface area contributed by atoms with Gasteiger partial charge < -0.3 is 14.6 Å². The number of ether oxygens (including phenoxy) is 1. The Bertz CT molecular complexity index is 919. The number of hydrogen-bond acceptors (Lipinski definition) is 3. The van der Waals surface area contributed by atoms with Gasteiger partial charge in [0.1, 0.15) is 0 Å². The quantitative estimate of drug-likeness (QED) is 0.753. The molecule has 1 aromatic heterocycles. The van der Waals surface area contributed by atoms with E-state index in [0.717, 1.165) is 10.9 Å². The topological polar surface area (TPSA) is 62.4 Å². The minimum absolute atomic E-state index is 0.120. The van der Waals surface area contributed by atoms with Gasteiger partial charge in [-0.15, -0.1) is 0 Å². The van der Waals surface area contributed by atoms with Crippen LogP contribution in [0, 0.1) is 0 Å². The molecule has 1 amide bonds. The molecule has 0 spiro atoms. The van der Waals surface area contributed by atoms with E-state index in [4.69, 9.17) is 4.74 Å². The summed E-state index contributed by atoms with van der Waals surface area (Å²) in [5, 5.41) is 0.941. The van der Waals surface area contributed by atoms with Crippen molar-refractivity contribution in [3.05, 3.63) is 82.1 Å². The molecule has 0 atom stereocenters. The molecule has 128 valence electrons. The zero-order chi connectivity index (χ0) is 17.6. The highest BCUT2D eigenvalue weighted by Crippen LogP contribution is 2.13. The average molecular weight is 336 g/mol. The first-order valence-corrected chi connectivity index (χ1v) is 8.13. The summed E-state index contributed by atoms with van der Waals surface area (Å²) in [6, 6.07) is 18.5. The number of carbonyl (C=O) groups is 1. The zero-order valence-electron chi connectivity index (χ0n) is 14.1. The number of amides is 1. The van der Waals surface area contributed by atoms with Crippen molar-refractivity contribution in [1.82, 2.24) is 9.88 Å². The molecule has 5 nitrogen and oxygen atoms in total. The van der Waals surface area contributed by atoms with Crippen LogP contribution in [0.15, 0.2) is 65.5 Å². The van der Waals surface area contributed by atoms with E-state index in [-0.39, 0.29) is 18.0 Å². The number of aromatic amines is 1. The van der Waals surface area contributed by atoms with Crippen molar-refractivity contribution < 1.29 is 9.53 Å². The summed E-state index contributed by atoms with van der Waals surface area (Å²) in [5.41, 5.74) is 1.76. The molecule has 0 fully saturated rings. The van der Waals surface area contributed by atoms with E-state index in [1.807, 2.05) is 48.5 Å². The molecule has 1 heterocycles. The minimum atomic E-state index is -0.179. The van der Waals surface area contributed by atoms with E-state index in [1.54, 1.807) is 24.1 Å². The molecule has 25 heavy (non-hydrogen) atoms. The van der Waals surface area contributed by atoms with Crippen molar-refractivity contribution in [2.75, 3.05) is 20.3 Å². The van der Waals surface area contributed by atoms with Gasteiger partial charge in [-0.3, -0.25) is 9.59 Å². The van der Waals surface area contributed by atoms with Crippen molar-refractivity contribution in [3.63, 3.8) is 0 Å². The molecule has 0 saturated carbocycles. The van der Waals surface area contributed by atoms with Crippen LogP contribution in [0.4, 0.5) is 0 Å². The molecule has 1 N–H and O–H groups in total. The Balaban J connectivity index is 1.91. The molecular formula is C20H20N2O3. The van der Waals surface area contributed by atoms with Crippen LogP contribution in [0.25, 0.3) is 10.9 Å². The Kier molecular flexibility index (Phi) is 5.26. The highest BCUT2D eigenvalue weighted by molar-refractivity contribution is 5.94. The summed E-state index contributed by atoms with van der Waals surface area (Å²) in [4.78, 5) is 29.7. The minimum Gasteiger partial charge on any atom is -0.383 e. The van der Waals surface area contributed by atoms with E-state index < -0.39 is 0 Å². The third-order valence-corrected chi connectivity index (χ3v) is 4.06. The number of hydrogen-bond donors (Lipinski definition) is 1. The number of methoxy groups -OCH3 is 1. The van der Waals surface area contributed by atoms with Gasteiger partial charge in [-0.05, 0) is 29.7 Å². The maximum absolute atomic E-state index is 12.8. The van der Waals surface area contributed by atoms with Gasteiger partial charge >= 0.3 is 0 Å². The molecule has 0 aliphatic rings. The number of aromatic nitrogens is 1. The fraction of sp³-hybridized carbons (Fsp3) is 0.200. The second kappa shape index (κ2) is 7.77. The van der Waals surface area contributed by atoms with Crippen LogP contribution in [0.2, 0.25) is 0 Å². The normalized spacial score (nSPS) is 10.8. The predicted molar refractivity (Wildman–Crippen MR) is 97.6 cm³/mol. The summed E-state index contributed by atoms with van der Waals surface area (Å²) in [7, 11) is 1.59. The lowest BCUT2D eigenvalue weighted by Gasteiger charge is -2.22. The molecule has 0 aliphatic carbocycles. The van der Waals surface area contributed by atoms with Crippen molar-refractivity contribution >= 4 is 16.8 Å². The second-order valence-corrected chi connectivity index (χ2v) is 5.80. The van der Waals surface area contributed by atoms with Crippen molar-refractivity contribution in [1.29, 1.82) is 0 Å². The van der Waals surface area contributed by atoms with Crippen LogP contribution in [0.3, 0.4) is 0 Å². The molecule has 0 radical (unpaired) electrons. The molecule has 0 unspecified atom stereocenters. The first-order chi connectivity index (χ1) is 12.2. The third kappa shape index (κ3) is 3.95. The third-order valence-electron chi connectivity index (χ3n) is 4.06. The van der Waals surface area contributed by atoms with Gasteiger partial charge in [-0.2, -0.15) is 0 Å². The molecular weight excluding hydrogens is 316 g/mol. The van der Waals surface area contributed by atoms with Crippen molar-refractivity contribution in [2.24, 2.45) is 0 Å². The number of benzene rings is 2. The summed E-state index contributed by atoms with van der Waals surface area (Å²) in [5.74, 6) is -0.120. The lowest BCUT2D eigenvalue weighted by Crippen LogP contribution is -2.35. The van der Waals surface area contributed by atoms with Crippen LogP contribution < -0.4 is 5.56 Å². The summed E-state index contributed by atoms with van der Waals surface area (Å²) < 4.78 is 5.12. The van der Waals surface area contributed by atoms with Gasteiger partial charge in [0.05, 0.1) is 13.2 Å². The highest BCUT2D eigenvalue weighted by atomic mass is 16.5. The average Bonchev–Trinajstić information content (AvgIpc) is 2.65. The number of para-hydroxylation sites is 1. The first kappa shape index (κ1) is 16.9. The number of H-pyrrole nitrogens is 1. The Hall–Kier alpha value is -2.92. The zero-order valence-corrected chi connectivity index (χ0v) is 14.1. The van der Waals surface area contributed by atoms with Crippen LogP contribution in [-0.2, 0) is 11.3 Å². The molecule has 0 bridgehead atoms. The number of pyridine rings is 1. The standard InChI is InChI=1S/C20H20N2O3/c1-25-12-11-22(20(24)15-7-3-2-4-8-15)14-17-13-16-9-5-6-10-18(16)21-19(17)23/h2-10,13H,11-12,14H2,1H3,(H,21,23). The van der Waals surface area contributed by atoms with Gasteiger partial charge in [-0.1, -0.05) is 36.4 Å². The fourth-order valence-corrected chi connectivity index (χ4v) is 2.73. The van der Waals surface area contributed by atoms with E-state index in [1.165, 1.54) is 0 Å². The SMILES string of the molecule is COCCN(Cc1cc2ccccc2[nH]c1=O)C(=O)c1ccccc1. The number of rotatable bonds is 6. The Morgan fingerprint density at radius 2 is 1.80 bits per heavy atom. The van der Waals surface area contributed by atoms with Gasteiger partial charge in [0, 0.05) is 30.3 Å². The summed E-state index contributed by atoms with van der Waals surface area (Å²) >= 11 is 0. The van der Waals surface area contributed by atoms with E-state index >= 15 is 0 Å². The summed E-state index contributed by atoms with van der Waals surface area (Å²) in [6.45, 7) is 1.05. The van der Waals surface area contributed by atoms with Crippen LogP contribution in [-0.4, -0.2) is 36.1 Å². The number of nitrogens with one attached hydrogen (secondary N) is 1. The highest BCUT2D eigenvalue weighted by Gasteiger charge is 2.17. The van der Waals surface area contributed by atoms with Crippen LogP contribution in [0.1, 0.15) is 15.9 Å². The van der Waals surface area contributed by atoms with Gasteiger partial charge in [-0.25, -0.2) is 0 Å². The lowest BCUT2D eigenvalue weighted by molar-refractivity contribution is 0.0680. The van der Waals surface area contributed by atoms with Gasteiger partial charge in [0.25, 0.3) is 11.5 Å². The molecule has 0 aliphatic heterocycles. The molecule has 3 aromatic rings. The molecule has 0 saturated heterocycles. The number of nitrogens with zero attached hydrogens (tertiary/aromatic N) is 1. The van der Waals surface area contributed by atoms with Crippen molar-refractivity contribution in [2.45, 2.75) is 6.54 Å². The van der Waals surface area contributed by atoms with Gasteiger partial charge in [0.15, 0.2) is 0 Å². The number of carbonyl (C=O) groups excluding carboxylic acids is 1. The fourth-order valence-electron chi connectivity index (χ4n) is 2.73. The smallest absolute Gasteiger partial charge is 0.254 e. The largest absolute Gasteiger partial charge is 0.383 e. The molecule has 5 heteroatoms. The molecule has 2 aromatic carbocycles. The Morgan fingerprint density at radius 3 is 2.56 bits per heavy atom. The predicted octanol–water partition coefficient (Wildman–Crippen LogP) is 2.82. The number of fused-ring (bicyclic) bond motifs is 1. The Morgan fingerprint density at radius 1 is 1.08 bits per heavy atom. The van der Waals surface area contributed by atoms with E-state index in [9.17, 15) is 9.59 Å². The van der Waals surface area contributed by atoms with Gasteiger partial charge in [0.2, 0.25) is 0 Å². The maximum Gasteiger partial charge on any atom is 0.254 e. The lowest BCUT2D eigenvalue weighted by atomic mass is 10.1. The monoisotopic (exact) mass is 336 g/mol. The first-order valence-electron chi connectivity index (χ1n) is 8.13. The molecule has 3 rings (SSSR count). The van der Waals surface area contributed by atoms with E-state index in [0.29, 0.717) is 24.3 Å². The maximum atomic E-state index is 12.8. The van der Waals surface area contributed by atoms with Crippen molar-refractivity contribution in [3.8, 4) is 0 Å². The van der Waals surface area contributed by atoms with Crippen LogP contribution >= 0.6 is 0 Å². The second-order valence-electron chi connectivity index (χ2n) is 5.80. The van der Waals surface area contributed by atoms with Crippen LogP contribution in [0.5, 0.6) is 0 Å². The Labute approximate surface area is 145 Å². The van der Waals surface area contributed by atoms with E-state index in [2.05, 4.69) is 4.98 Å².